The monoisotopic (exact) mass is 276 g/mol. The third kappa shape index (κ3) is 3.78. The molecule has 1 aliphatic heterocycles. The van der Waals surface area contributed by atoms with Crippen molar-refractivity contribution < 1.29 is 0 Å². The van der Waals surface area contributed by atoms with Gasteiger partial charge in [0.15, 0.2) is 0 Å². The zero-order valence-corrected chi connectivity index (χ0v) is 12.8. The molecule has 0 amide bonds. The highest BCUT2D eigenvalue weighted by molar-refractivity contribution is 7.27. The fourth-order valence-electron chi connectivity index (χ4n) is 3.21. The number of rotatable bonds is 4. The zero-order chi connectivity index (χ0) is 13.3. The second-order valence-corrected chi connectivity index (χ2v) is 7.22. The molecule has 1 heterocycles. The molecule has 2 unspecified atom stereocenters. The van der Waals surface area contributed by atoms with E-state index in [0.717, 1.165) is 12.5 Å². The average Bonchev–Trinajstić information content (AvgIpc) is 3.10. The first-order valence-corrected chi connectivity index (χ1v) is 8.06. The van der Waals surface area contributed by atoms with E-state index < -0.39 is 0 Å². The van der Waals surface area contributed by atoms with Crippen molar-refractivity contribution >= 4 is 14.5 Å². The van der Waals surface area contributed by atoms with Gasteiger partial charge in [-0.25, -0.2) is 0 Å². The summed E-state index contributed by atoms with van der Waals surface area (Å²) < 4.78 is 0. The molecule has 1 saturated heterocycles. The lowest BCUT2D eigenvalue weighted by molar-refractivity contribution is 0.161. The standard InChI is InChI=1S/C16H25N2P/c17-16(7-8-16)12-18-9-1-2-14(11-18)10-13-3-5-15(19)6-4-13/h3-6,14H,1-2,7-12,17,19H2. The molecular formula is C16H25N2P. The van der Waals surface area contributed by atoms with E-state index >= 15 is 0 Å². The predicted molar refractivity (Wildman–Crippen MR) is 84.8 cm³/mol. The van der Waals surface area contributed by atoms with E-state index in [1.165, 1.54) is 56.1 Å². The molecule has 3 heteroatoms. The number of nitrogens with zero attached hydrogens (tertiary/aromatic N) is 1. The highest BCUT2D eigenvalue weighted by Crippen LogP contribution is 2.34. The van der Waals surface area contributed by atoms with E-state index in [0.29, 0.717) is 0 Å². The molecule has 104 valence electrons. The van der Waals surface area contributed by atoms with Gasteiger partial charge in [-0.3, -0.25) is 0 Å². The summed E-state index contributed by atoms with van der Waals surface area (Å²) in [4.78, 5) is 2.60. The number of nitrogens with two attached hydrogens (primary N) is 1. The maximum Gasteiger partial charge on any atom is 0.0284 e. The molecule has 1 saturated carbocycles. The Morgan fingerprint density at radius 1 is 1.26 bits per heavy atom. The summed E-state index contributed by atoms with van der Waals surface area (Å²) in [6.07, 6.45) is 6.38. The summed E-state index contributed by atoms with van der Waals surface area (Å²) in [7, 11) is 2.75. The molecule has 2 atom stereocenters. The van der Waals surface area contributed by atoms with Crippen LogP contribution < -0.4 is 11.0 Å². The molecule has 2 N–H and O–H groups in total. The number of hydrogen-bond acceptors (Lipinski definition) is 2. The van der Waals surface area contributed by atoms with E-state index in [4.69, 9.17) is 5.73 Å². The van der Waals surface area contributed by atoms with Crippen LogP contribution in [0.25, 0.3) is 0 Å². The van der Waals surface area contributed by atoms with Gasteiger partial charge in [0.05, 0.1) is 0 Å². The van der Waals surface area contributed by atoms with Gasteiger partial charge in [-0.15, -0.1) is 9.24 Å². The van der Waals surface area contributed by atoms with E-state index in [2.05, 4.69) is 38.4 Å². The van der Waals surface area contributed by atoms with Crippen LogP contribution in [0, 0.1) is 5.92 Å². The second kappa shape index (κ2) is 5.52. The van der Waals surface area contributed by atoms with Crippen LogP contribution in [0.2, 0.25) is 0 Å². The van der Waals surface area contributed by atoms with E-state index in [1.54, 1.807) is 0 Å². The largest absolute Gasteiger partial charge is 0.324 e. The van der Waals surface area contributed by atoms with Gasteiger partial charge in [0.2, 0.25) is 0 Å². The molecule has 0 aromatic heterocycles. The van der Waals surface area contributed by atoms with Crippen molar-refractivity contribution in [1.82, 2.24) is 4.90 Å². The summed E-state index contributed by atoms with van der Waals surface area (Å²) in [5.74, 6) is 0.812. The predicted octanol–water partition coefficient (Wildman–Crippen LogP) is 1.93. The maximum atomic E-state index is 6.25. The Morgan fingerprint density at radius 2 is 2.00 bits per heavy atom. The first-order chi connectivity index (χ1) is 9.13. The lowest BCUT2D eigenvalue weighted by atomic mass is 9.91. The van der Waals surface area contributed by atoms with Crippen molar-refractivity contribution in [3.8, 4) is 0 Å². The molecule has 3 rings (SSSR count). The highest BCUT2D eigenvalue weighted by atomic mass is 31.0. The summed E-state index contributed by atoms with van der Waals surface area (Å²) in [5.41, 5.74) is 7.90. The molecule has 1 aromatic rings. The van der Waals surface area contributed by atoms with E-state index in [1.807, 2.05) is 0 Å². The number of likely N-dealkylation sites (tertiary alicyclic amines) is 1. The van der Waals surface area contributed by atoms with Crippen molar-refractivity contribution in [2.45, 2.75) is 37.6 Å². The first-order valence-electron chi connectivity index (χ1n) is 7.49. The molecule has 1 aliphatic carbocycles. The van der Waals surface area contributed by atoms with Crippen molar-refractivity contribution in [1.29, 1.82) is 0 Å². The topological polar surface area (TPSA) is 29.3 Å². The Balaban J connectivity index is 1.54. The van der Waals surface area contributed by atoms with Gasteiger partial charge in [-0.05, 0) is 55.4 Å². The fraction of sp³-hybridized carbons (Fsp3) is 0.625. The van der Waals surface area contributed by atoms with E-state index in [-0.39, 0.29) is 5.54 Å². The van der Waals surface area contributed by atoms with Crippen LogP contribution in [0.1, 0.15) is 31.2 Å². The van der Waals surface area contributed by atoms with Gasteiger partial charge in [0.25, 0.3) is 0 Å². The smallest absolute Gasteiger partial charge is 0.0284 e. The summed E-state index contributed by atoms with van der Waals surface area (Å²) >= 11 is 0. The van der Waals surface area contributed by atoms with Gasteiger partial charge < -0.3 is 10.6 Å². The van der Waals surface area contributed by atoms with Gasteiger partial charge in [-0.2, -0.15) is 0 Å². The quantitative estimate of drug-likeness (QED) is 0.852. The van der Waals surface area contributed by atoms with Gasteiger partial charge in [-0.1, -0.05) is 24.3 Å². The molecule has 2 aliphatic rings. The Bertz CT molecular complexity index is 425. The van der Waals surface area contributed by atoms with Crippen LogP contribution in [0.5, 0.6) is 0 Å². The van der Waals surface area contributed by atoms with E-state index in [9.17, 15) is 0 Å². The molecule has 2 nitrogen and oxygen atoms in total. The minimum absolute atomic E-state index is 0.170. The first kappa shape index (κ1) is 13.5. The van der Waals surface area contributed by atoms with Crippen LogP contribution in [-0.4, -0.2) is 30.1 Å². The van der Waals surface area contributed by atoms with Crippen LogP contribution in [0.3, 0.4) is 0 Å². The molecule has 1 aromatic carbocycles. The third-order valence-electron chi connectivity index (χ3n) is 4.54. The van der Waals surface area contributed by atoms with Gasteiger partial charge >= 0.3 is 0 Å². The van der Waals surface area contributed by atoms with Crippen LogP contribution in [0.4, 0.5) is 0 Å². The van der Waals surface area contributed by atoms with Crippen LogP contribution >= 0.6 is 9.24 Å². The van der Waals surface area contributed by atoms with Gasteiger partial charge in [0, 0.05) is 18.6 Å². The minimum atomic E-state index is 0.170. The maximum absolute atomic E-state index is 6.25. The fourth-order valence-corrected chi connectivity index (χ4v) is 3.41. The van der Waals surface area contributed by atoms with Crippen molar-refractivity contribution in [3.63, 3.8) is 0 Å². The Hall–Kier alpha value is -0.430. The van der Waals surface area contributed by atoms with Gasteiger partial charge in [0.1, 0.15) is 0 Å². The Labute approximate surface area is 118 Å². The second-order valence-electron chi connectivity index (χ2n) is 6.55. The van der Waals surface area contributed by atoms with Crippen LogP contribution in [-0.2, 0) is 6.42 Å². The Kier molecular flexibility index (Phi) is 3.93. The van der Waals surface area contributed by atoms with Crippen molar-refractivity contribution in [2.24, 2.45) is 11.7 Å². The Morgan fingerprint density at radius 3 is 2.68 bits per heavy atom. The average molecular weight is 276 g/mol. The minimum Gasteiger partial charge on any atom is -0.324 e. The number of hydrogen-bond donors (Lipinski definition) is 1. The number of benzene rings is 1. The summed E-state index contributed by atoms with van der Waals surface area (Å²) in [6.45, 7) is 3.61. The normalized spacial score (nSPS) is 26.3. The molecule has 0 bridgehead atoms. The lowest BCUT2D eigenvalue weighted by Gasteiger charge is -2.34. The number of piperidine rings is 1. The molecule has 2 fully saturated rings. The van der Waals surface area contributed by atoms with Crippen molar-refractivity contribution in [2.75, 3.05) is 19.6 Å². The molecule has 0 radical (unpaired) electrons. The summed E-state index contributed by atoms with van der Waals surface area (Å²) in [6, 6.07) is 8.93. The SMILES string of the molecule is NC1(CN2CCCC(Cc3ccc(P)cc3)C2)CC1. The summed E-state index contributed by atoms with van der Waals surface area (Å²) in [5, 5.41) is 1.27. The lowest BCUT2D eigenvalue weighted by Crippen LogP contribution is -2.44. The third-order valence-corrected chi connectivity index (χ3v) is 4.92. The molecule has 19 heavy (non-hydrogen) atoms. The zero-order valence-electron chi connectivity index (χ0n) is 11.6. The highest BCUT2D eigenvalue weighted by Gasteiger charge is 2.40. The van der Waals surface area contributed by atoms with Crippen LogP contribution in [0.15, 0.2) is 24.3 Å². The van der Waals surface area contributed by atoms with Crippen molar-refractivity contribution in [3.05, 3.63) is 29.8 Å². The molecular weight excluding hydrogens is 251 g/mol. The molecule has 0 spiro atoms.